The lowest BCUT2D eigenvalue weighted by Gasteiger charge is -2.58. The number of fused-ring (bicyclic) bond motifs is 1. The number of amides is 1. The van der Waals surface area contributed by atoms with Gasteiger partial charge in [0, 0.05) is 35.8 Å². The lowest BCUT2D eigenvalue weighted by Crippen LogP contribution is -2.62. The minimum absolute atomic E-state index is 0.0105. The summed E-state index contributed by atoms with van der Waals surface area (Å²) in [5.74, 6) is 1.13. The van der Waals surface area contributed by atoms with Crippen LogP contribution in [0.5, 0.6) is 5.75 Å². The number of benzene rings is 4. The second kappa shape index (κ2) is 12.3. The molecule has 2 fully saturated rings. The molecule has 8 heteroatoms. The lowest BCUT2D eigenvalue weighted by atomic mass is 9.52. The number of nitrogens with one attached hydrogen (secondary N) is 1. The molecular formula is C37H37N3O5. The molecule has 1 saturated heterocycles. The van der Waals surface area contributed by atoms with Crippen LogP contribution in [-0.2, 0) is 29.8 Å². The maximum absolute atomic E-state index is 13.5. The van der Waals surface area contributed by atoms with E-state index in [0.717, 1.165) is 53.9 Å². The Morgan fingerprint density at radius 1 is 0.911 bits per heavy atom. The number of carbonyl (C=O) groups excluding carboxylic acids is 1. The predicted molar refractivity (Wildman–Crippen MR) is 173 cm³/mol. The van der Waals surface area contributed by atoms with Crippen molar-refractivity contribution in [1.82, 2.24) is 4.90 Å². The summed E-state index contributed by atoms with van der Waals surface area (Å²) in [6.45, 7) is 1.37. The molecule has 1 aliphatic heterocycles. The molecule has 2 aliphatic carbocycles. The van der Waals surface area contributed by atoms with Crippen molar-refractivity contribution in [3.63, 3.8) is 0 Å². The third-order valence-corrected chi connectivity index (χ3v) is 9.97. The van der Waals surface area contributed by atoms with Gasteiger partial charge in [-0.15, -0.1) is 0 Å². The van der Waals surface area contributed by atoms with Crippen LogP contribution in [0.4, 0.5) is 21.9 Å². The van der Waals surface area contributed by atoms with Gasteiger partial charge in [-0.3, -0.25) is 10.1 Å². The van der Waals surface area contributed by atoms with Gasteiger partial charge in [0.05, 0.1) is 10.6 Å². The van der Waals surface area contributed by atoms with Gasteiger partial charge in [0.15, 0.2) is 0 Å². The van der Waals surface area contributed by atoms with E-state index in [1.54, 1.807) is 12.1 Å². The number of ether oxygens (including phenoxy) is 2. The first kappa shape index (κ1) is 28.9. The van der Waals surface area contributed by atoms with E-state index in [2.05, 4.69) is 29.6 Å². The molecule has 2 bridgehead atoms. The first-order valence-corrected chi connectivity index (χ1v) is 15.8. The largest absolute Gasteiger partial charge is 0.487 e. The maximum Gasteiger partial charge on any atom is 0.410 e. The van der Waals surface area contributed by atoms with Crippen LogP contribution < -0.4 is 10.1 Å². The molecule has 3 atom stereocenters. The fourth-order valence-electron chi connectivity index (χ4n) is 7.85. The minimum Gasteiger partial charge on any atom is -0.487 e. The van der Waals surface area contributed by atoms with Gasteiger partial charge < -0.3 is 19.7 Å². The molecule has 0 spiro atoms. The molecule has 1 N–H and O–H groups in total. The van der Waals surface area contributed by atoms with E-state index in [4.69, 9.17) is 9.47 Å². The molecule has 3 aliphatic rings. The highest BCUT2D eigenvalue weighted by atomic mass is 16.6. The molecular weight excluding hydrogens is 566 g/mol. The summed E-state index contributed by atoms with van der Waals surface area (Å²) >= 11 is 0. The molecule has 7 rings (SSSR count). The van der Waals surface area contributed by atoms with Crippen molar-refractivity contribution in [2.75, 3.05) is 11.9 Å². The Kier molecular flexibility index (Phi) is 7.88. The number of carbonyl (C=O) groups is 1. The minimum atomic E-state index is -0.396. The van der Waals surface area contributed by atoms with Crippen LogP contribution in [-0.4, -0.2) is 28.5 Å². The van der Waals surface area contributed by atoms with Crippen molar-refractivity contribution < 1.29 is 19.2 Å². The van der Waals surface area contributed by atoms with Gasteiger partial charge in [-0.1, -0.05) is 73.5 Å². The number of piperidine rings is 1. The zero-order chi connectivity index (χ0) is 30.8. The smallest absolute Gasteiger partial charge is 0.410 e. The van der Waals surface area contributed by atoms with Gasteiger partial charge in [0.2, 0.25) is 0 Å². The number of likely N-dealkylation sites (tertiary alicyclic amines) is 1. The van der Waals surface area contributed by atoms with E-state index in [0.29, 0.717) is 19.1 Å². The number of nitro benzene ring substituents is 1. The van der Waals surface area contributed by atoms with Gasteiger partial charge in [0.25, 0.3) is 5.69 Å². The molecule has 1 saturated carbocycles. The first-order chi connectivity index (χ1) is 22.0. The monoisotopic (exact) mass is 603 g/mol. The van der Waals surface area contributed by atoms with E-state index in [9.17, 15) is 14.9 Å². The second-order valence-corrected chi connectivity index (χ2v) is 12.5. The number of hydrogen-bond acceptors (Lipinski definition) is 6. The molecule has 0 radical (unpaired) electrons. The Bertz CT molecular complexity index is 1680. The van der Waals surface area contributed by atoms with Crippen molar-refractivity contribution in [1.29, 1.82) is 0 Å². The average Bonchev–Trinajstić information content (AvgIpc) is 3.07. The number of non-ortho nitro benzene ring substituents is 1. The molecule has 1 heterocycles. The Morgan fingerprint density at radius 3 is 2.33 bits per heavy atom. The lowest BCUT2D eigenvalue weighted by molar-refractivity contribution is -0.384. The fourth-order valence-corrected chi connectivity index (χ4v) is 7.85. The predicted octanol–water partition coefficient (Wildman–Crippen LogP) is 8.31. The Labute approximate surface area is 263 Å². The zero-order valence-electron chi connectivity index (χ0n) is 25.2. The second-order valence-electron chi connectivity index (χ2n) is 12.5. The highest BCUT2D eigenvalue weighted by molar-refractivity contribution is 5.72. The normalized spacial score (nSPS) is 21.6. The van der Waals surface area contributed by atoms with Crippen LogP contribution in [0.25, 0.3) is 0 Å². The van der Waals surface area contributed by atoms with Crippen molar-refractivity contribution in [3.05, 3.63) is 129 Å². The standard InChI is InChI=1S/C37H37N3O5/c41-36(45-25-27-11-5-2-6-12-27)39-20-19-37-18-8-7-13-31(37)34(39)22-28-21-33(38-29-14-16-30(17-15-29)40(42)43)35(23-32(28)37)44-24-26-9-3-1-4-10-26/h1-6,9-12,14-17,21,23,31,34,38H,7-8,13,18-20,22,24-25H2/t31-,34+,37+/m0/s1. The molecule has 4 aromatic carbocycles. The molecule has 0 unspecified atom stereocenters. The van der Waals surface area contributed by atoms with E-state index in [1.165, 1.54) is 36.1 Å². The van der Waals surface area contributed by atoms with Gasteiger partial charge in [0.1, 0.15) is 19.0 Å². The highest BCUT2D eigenvalue weighted by Crippen LogP contribution is 2.57. The van der Waals surface area contributed by atoms with Gasteiger partial charge >= 0.3 is 6.09 Å². The Hall–Kier alpha value is -4.85. The topological polar surface area (TPSA) is 93.9 Å². The van der Waals surface area contributed by atoms with Crippen LogP contribution >= 0.6 is 0 Å². The molecule has 0 aromatic heterocycles. The number of rotatable bonds is 8. The fraction of sp³-hybridized carbons (Fsp3) is 0.324. The SMILES string of the molecule is O=C(OCc1ccccc1)N1CC[C@]23CCCC[C@H]2[C@H]1Cc1cc(Nc2ccc([N+](=O)[O-])cc2)c(OCc2ccccc2)cc13. The number of nitrogens with zero attached hydrogens (tertiary/aromatic N) is 2. The molecule has 1 amide bonds. The highest BCUT2D eigenvalue weighted by Gasteiger charge is 2.55. The van der Waals surface area contributed by atoms with Gasteiger partial charge in [-0.2, -0.15) is 0 Å². The maximum atomic E-state index is 13.5. The quantitative estimate of drug-likeness (QED) is 0.161. The summed E-state index contributed by atoms with van der Waals surface area (Å²) in [6.07, 6.45) is 5.94. The third-order valence-electron chi connectivity index (χ3n) is 9.97. The van der Waals surface area contributed by atoms with E-state index in [1.807, 2.05) is 53.4 Å². The Morgan fingerprint density at radius 2 is 1.62 bits per heavy atom. The third kappa shape index (κ3) is 5.72. The van der Waals surface area contributed by atoms with Crippen LogP contribution in [0.15, 0.2) is 97.1 Å². The summed E-state index contributed by atoms with van der Waals surface area (Å²) < 4.78 is 12.4. The summed E-state index contributed by atoms with van der Waals surface area (Å²) in [6, 6.07) is 30.8. The number of nitro groups is 1. The molecule has 45 heavy (non-hydrogen) atoms. The average molecular weight is 604 g/mol. The Balaban J connectivity index is 1.22. The van der Waals surface area contributed by atoms with E-state index >= 15 is 0 Å². The van der Waals surface area contributed by atoms with Crippen molar-refractivity contribution in [3.8, 4) is 5.75 Å². The van der Waals surface area contributed by atoms with Gasteiger partial charge in [-0.25, -0.2) is 4.79 Å². The van der Waals surface area contributed by atoms with Crippen LogP contribution in [0.3, 0.4) is 0 Å². The van der Waals surface area contributed by atoms with Crippen LogP contribution in [0, 0.1) is 16.0 Å². The summed E-state index contributed by atoms with van der Waals surface area (Å²) in [5, 5.41) is 14.7. The van der Waals surface area contributed by atoms with Crippen molar-refractivity contribution in [2.45, 2.75) is 63.2 Å². The number of hydrogen-bond donors (Lipinski definition) is 1. The van der Waals surface area contributed by atoms with Gasteiger partial charge in [-0.05, 0) is 78.1 Å². The number of anilines is 2. The molecule has 8 nitrogen and oxygen atoms in total. The van der Waals surface area contributed by atoms with Crippen LogP contribution in [0.2, 0.25) is 0 Å². The summed E-state index contributed by atoms with van der Waals surface area (Å²) in [7, 11) is 0. The van der Waals surface area contributed by atoms with Crippen molar-refractivity contribution >= 4 is 23.2 Å². The molecule has 230 valence electrons. The molecule has 4 aromatic rings. The first-order valence-electron chi connectivity index (χ1n) is 15.8. The summed E-state index contributed by atoms with van der Waals surface area (Å²) in [4.78, 5) is 26.4. The zero-order valence-corrected chi connectivity index (χ0v) is 25.2. The van der Waals surface area contributed by atoms with E-state index in [-0.39, 0.29) is 29.8 Å². The van der Waals surface area contributed by atoms with Crippen LogP contribution in [0.1, 0.15) is 54.4 Å². The van der Waals surface area contributed by atoms with Crippen molar-refractivity contribution in [2.24, 2.45) is 5.92 Å². The van der Waals surface area contributed by atoms with E-state index < -0.39 is 4.92 Å². The summed E-state index contributed by atoms with van der Waals surface area (Å²) in [5.41, 5.74) is 6.20.